The van der Waals surface area contributed by atoms with Crippen LogP contribution in [0.2, 0.25) is 0 Å². The summed E-state index contributed by atoms with van der Waals surface area (Å²) < 4.78 is 13.3. The molecule has 1 aromatic carbocycles. The maximum atomic E-state index is 13.3. The molecule has 104 valence electrons. The Labute approximate surface area is 118 Å². The molecule has 0 amide bonds. The van der Waals surface area contributed by atoms with Crippen LogP contribution in [-0.4, -0.2) is 10.8 Å². The summed E-state index contributed by atoms with van der Waals surface area (Å²) in [5, 5.41) is 0. The van der Waals surface area contributed by atoms with Crippen molar-refractivity contribution in [3.8, 4) is 0 Å². The van der Waals surface area contributed by atoms with Crippen molar-refractivity contribution < 1.29 is 9.18 Å². The number of carbonyl (C=O) groups excluding carboxylic acids is 1. The van der Waals surface area contributed by atoms with Crippen LogP contribution >= 0.6 is 0 Å². The van der Waals surface area contributed by atoms with Crippen LogP contribution in [-0.2, 0) is 0 Å². The fraction of sp³-hybridized carbons (Fsp3) is 0.294. The zero-order valence-electron chi connectivity index (χ0n) is 11.7. The molecule has 0 aliphatic rings. The minimum Gasteiger partial charge on any atom is -0.293 e. The molecule has 0 N–H and O–H groups in total. The third-order valence-corrected chi connectivity index (χ3v) is 3.64. The molecular weight excluding hydrogens is 253 g/mol. The van der Waals surface area contributed by atoms with Crippen LogP contribution in [0, 0.1) is 11.7 Å². The number of halogens is 1. The molecule has 20 heavy (non-hydrogen) atoms. The second-order valence-electron chi connectivity index (χ2n) is 5.03. The normalized spacial score (nSPS) is 13.8. The Balaban J connectivity index is 2.39. The predicted octanol–water partition coefficient (Wildman–Crippen LogP) is 4.23. The highest BCUT2D eigenvalue weighted by Crippen LogP contribution is 2.30. The smallest absolute Gasteiger partial charge is 0.172 e. The highest BCUT2D eigenvalue weighted by Gasteiger charge is 2.27. The monoisotopic (exact) mass is 271 g/mol. The Morgan fingerprint density at radius 3 is 2.55 bits per heavy atom. The minimum atomic E-state index is -0.480. The van der Waals surface area contributed by atoms with Gasteiger partial charge < -0.3 is 0 Å². The van der Waals surface area contributed by atoms with Gasteiger partial charge in [-0.25, -0.2) is 4.39 Å². The quantitative estimate of drug-likeness (QED) is 0.762. The minimum absolute atomic E-state index is 0.0717. The van der Waals surface area contributed by atoms with Gasteiger partial charge in [-0.2, -0.15) is 0 Å². The first kappa shape index (κ1) is 14.4. The number of nitrogens with zero attached hydrogens (tertiary/aromatic N) is 1. The van der Waals surface area contributed by atoms with Crippen molar-refractivity contribution in [3.05, 3.63) is 65.7 Å². The van der Waals surface area contributed by atoms with E-state index in [1.54, 1.807) is 0 Å². The van der Waals surface area contributed by atoms with E-state index >= 15 is 0 Å². The number of hydrogen-bond donors (Lipinski definition) is 0. The summed E-state index contributed by atoms with van der Waals surface area (Å²) in [6, 6.07) is 10.9. The number of rotatable bonds is 5. The van der Waals surface area contributed by atoms with E-state index in [0.29, 0.717) is 5.56 Å². The Morgan fingerprint density at radius 1 is 1.25 bits per heavy atom. The largest absolute Gasteiger partial charge is 0.293 e. The number of benzene rings is 1. The Bertz CT molecular complexity index is 583. The van der Waals surface area contributed by atoms with E-state index in [1.807, 2.05) is 37.3 Å². The lowest BCUT2D eigenvalue weighted by Crippen LogP contribution is -2.20. The summed E-state index contributed by atoms with van der Waals surface area (Å²) in [6.45, 7) is 4.10. The molecule has 0 spiro atoms. The standard InChI is InChI=1S/C17H18FNO/c1-3-12(2)16(13-7-5-4-6-8-13)17(20)14-9-15(18)11-19-10-14/h4-12,16H,3H2,1-2H3. The van der Waals surface area contributed by atoms with E-state index in [0.717, 1.165) is 18.2 Å². The summed E-state index contributed by atoms with van der Waals surface area (Å²) in [6.07, 6.45) is 3.43. The molecule has 0 aliphatic carbocycles. The lowest BCUT2D eigenvalue weighted by atomic mass is 9.80. The van der Waals surface area contributed by atoms with Gasteiger partial charge in [-0.1, -0.05) is 50.6 Å². The molecular formula is C17H18FNO. The van der Waals surface area contributed by atoms with Crippen molar-refractivity contribution in [2.24, 2.45) is 5.92 Å². The average molecular weight is 271 g/mol. The fourth-order valence-corrected chi connectivity index (χ4v) is 2.36. The highest BCUT2D eigenvalue weighted by molar-refractivity contribution is 6.00. The van der Waals surface area contributed by atoms with Gasteiger partial charge >= 0.3 is 0 Å². The third-order valence-electron chi connectivity index (χ3n) is 3.64. The van der Waals surface area contributed by atoms with Crippen LogP contribution in [0.15, 0.2) is 48.8 Å². The van der Waals surface area contributed by atoms with Gasteiger partial charge in [0.15, 0.2) is 5.78 Å². The summed E-state index contributed by atoms with van der Waals surface area (Å²) >= 11 is 0. The van der Waals surface area contributed by atoms with Gasteiger partial charge in [-0.15, -0.1) is 0 Å². The van der Waals surface area contributed by atoms with Gasteiger partial charge in [0.05, 0.1) is 6.20 Å². The molecule has 0 fully saturated rings. The van der Waals surface area contributed by atoms with Gasteiger partial charge in [-0.3, -0.25) is 9.78 Å². The molecule has 2 aromatic rings. The Morgan fingerprint density at radius 2 is 1.95 bits per heavy atom. The van der Waals surface area contributed by atoms with Gasteiger partial charge in [0.1, 0.15) is 5.82 Å². The lowest BCUT2D eigenvalue weighted by molar-refractivity contribution is 0.0931. The molecule has 0 saturated heterocycles. The van der Waals surface area contributed by atoms with E-state index in [-0.39, 0.29) is 17.6 Å². The van der Waals surface area contributed by atoms with Gasteiger partial charge in [0.25, 0.3) is 0 Å². The van der Waals surface area contributed by atoms with E-state index < -0.39 is 5.82 Å². The molecule has 2 rings (SSSR count). The first-order valence-corrected chi connectivity index (χ1v) is 6.83. The fourth-order valence-electron chi connectivity index (χ4n) is 2.36. The molecule has 0 aliphatic heterocycles. The topological polar surface area (TPSA) is 30.0 Å². The molecule has 0 bridgehead atoms. The van der Waals surface area contributed by atoms with E-state index in [2.05, 4.69) is 11.9 Å². The number of hydrogen-bond acceptors (Lipinski definition) is 2. The number of Topliss-reactive ketones (excluding diaryl/α,β-unsaturated/α-hetero) is 1. The average Bonchev–Trinajstić information content (AvgIpc) is 2.48. The van der Waals surface area contributed by atoms with E-state index in [9.17, 15) is 9.18 Å². The van der Waals surface area contributed by atoms with Crippen molar-refractivity contribution in [3.63, 3.8) is 0 Å². The summed E-state index contributed by atoms with van der Waals surface area (Å²) in [7, 11) is 0. The zero-order valence-corrected chi connectivity index (χ0v) is 11.7. The molecule has 2 nitrogen and oxygen atoms in total. The van der Waals surface area contributed by atoms with Crippen molar-refractivity contribution in [2.45, 2.75) is 26.2 Å². The summed E-state index contributed by atoms with van der Waals surface area (Å²) in [5.74, 6) is -0.623. The van der Waals surface area contributed by atoms with Crippen LogP contribution in [0.3, 0.4) is 0 Å². The molecule has 0 radical (unpaired) electrons. The van der Waals surface area contributed by atoms with Crippen molar-refractivity contribution >= 4 is 5.78 Å². The second kappa shape index (κ2) is 6.42. The molecule has 3 heteroatoms. The Hall–Kier alpha value is -2.03. The zero-order chi connectivity index (χ0) is 14.5. The molecule has 1 heterocycles. The number of carbonyl (C=O) groups is 1. The SMILES string of the molecule is CCC(C)C(C(=O)c1cncc(F)c1)c1ccccc1. The first-order valence-electron chi connectivity index (χ1n) is 6.83. The molecule has 2 unspecified atom stereocenters. The van der Waals surface area contributed by atoms with Gasteiger partial charge in [0, 0.05) is 17.7 Å². The Kier molecular flexibility index (Phi) is 4.61. The first-order chi connectivity index (χ1) is 9.63. The maximum absolute atomic E-state index is 13.3. The van der Waals surface area contributed by atoms with Crippen molar-refractivity contribution in [2.75, 3.05) is 0 Å². The number of aromatic nitrogens is 1. The van der Waals surface area contributed by atoms with E-state index in [4.69, 9.17) is 0 Å². The third kappa shape index (κ3) is 3.10. The van der Waals surface area contributed by atoms with Gasteiger partial charge in [-0.05, 0) is 17.5 Å². The summed E-state index contributed by atoms with van der Waals surface area (Å²) in [5.41, 5.74) is 1.30. The van der Waals surface area contributed by atoms with Crippen LogP contribution in [0.4, 0.5) is 4.39 Å². The molecule has 0 saturated carbocycles. The highest BCUT2D eigenvalue weighted by atomic mass is 19.1. The second-order valence-corrected chi connectivity index (χ2v) is 5.03. The number of pyridine rings is 1. The molecule has 2 atom stereocenters. The lowest BCUT2D eigenvalue weighted by Gasteiger charge is -2.22. The van der Waals surface area contributed by atoms with Crippen LogP contribution in [0.5, 0.6) is 0 Å². The van der Waals surface area contributed by atoms with Gasteiger partial charge in [0.2, 0.25) is 0 Å². The van der Waals surface area contributed by atoms with Crippen LogP contribution in [0.1, 0.15) is 42.1 Å². The van der Waals surface area contributed by atoms with Crippen molar-refractivity contribution in [1.82, 2.24) is 4.98 Å². The number of ketones is 1. The van der Waals surface area contributed by atoms with Crippen molar-refractivity contribution in [1.29, 1.82) is 0 Å². The maximum Gasteiger partial charge on any atom is 0.172 e. The predicted molar refractivity (Wildman–Crippen MR) is 77.2 cm³/mol. The van der Waals surface area contributed by atoms with E-state index in [1.165, 1.54) is 12.3 Å². The molecule has 1 aromatic heterocycles. The van der Waals surface area contributed by atoms with Crippen LogP contribution < -0.4 is 0 Å². The summed E-state index contributed by atoms with van der Waals surface area (Å²) in [4.78, 5) is 16.5. The van der Waals surface area contributed by atoms with Crippen LogP contribution in [0.25, 0.3) is 0 Å².